The van der Waals surface area contributed by atoms with Crippen molar-refractivity contribution in [3.63, 3.8) is 0 Å². The summed E-state index contributed by atoms with van der Waals surface area (Å²) in [5.74, 6) is 1.56. The van der Waals surface area contributed by atoms with Gasteiger partial charge in [0.2, 0.25) is 0 Å². The Morgan fingerprint density at radius 1 is 1.47 bits per heavy atom. The minimum atomic E-state index is 0.532. The van der Waals surface area contributed by atoms with E-state index in [1.54, 1.807) is 24.6 Å². The van der Waals surface area contributed by atoms with Crippen LogP contribution in [0.4, 0.5) is 17.7 Å². The smallest absolute Gasteiger partial charge is 0.304 e. The first-order valence-corrected chi connectivity index (χ1v) is 5.38. The van der Waals surface area contributed by atoms with Crippen LogP contribution in [0.5, 0.6) is 0 Å². The van der Waals surface area contributed by atoms with E-state index in [1.807, 2.05) is 24.3 Å². The Kier molecular flexibility index (Phi) is 2.59. The Balaban J connectivity index is 2.23. The third kappa shape index (κ3) is 1.94. The van der Waals surface area contributed by atoms with Gasteiger partial charge in [0, 0.05) is 19.5 Å². The predicted octanol–water partition coefficient (Wildman–Crippen LogP) is 2.25. The second-order valence-electron chi connectivity index (χ2n) is 3.05. The van der Waals surface area contributed by atoms with Crippen LogP contribution in [0.2, 0.25) is 0 Å². The van der Waals surface area contributed by atoms with Gasteiger partial charge < -0.3 is 9.73 Å². The topological polar surface area (TPSA) is 54.2 Å². The van der Waals surface area contributed by atoms with Gasteiger partial charge in [-0.2, -0.15) is 4.98 Å². The summed E-state index contributed by atoms with van der Waals surface area (Å²) < 4.78 is 5.30. The first-order valence-electron chi connectivity index (χ1n) is 4.50. The highest BCUT2D eigenvalue weighted by Crippen LogP contribution is 2.25. The van der Waals surface area contributed by atoms with Crippen LogP contribution in [0, 0.1) is 6.92 Å². The summed E-state index contributed by atoms with van der Waals surface area (Å²) in [4.78, 5) is 10.4. The van der Waals surface area contributed by atoms with Gasteiger partial charge in [-0.15, -0.1) is 11.3 Å². The minimum Gasteiger partial charge on any atom is -0.429 e. The van der Waals surface area contributed by atoms with E-state index in [-0.39, 0.29) is 0 Å². The second kappa shape index (κ2) is 3.90. The quantitative estimate of drug-likeness (QED) is 0.866. The Morgan fingerprint density at radius 2 is 2.27 bits per heavy atom. The largest absolute Gasteiger partial charge is 0.429 e. The summed E-state index contributed by atoms with van der Waals surface area (Å²) >= 11 is 1.60. The molecule has 0 aliphatic rings. The van der Waals surface area contributed by atoms with Crippen LogP contribution >= 0.6 is 11.3 Å². The number of hydrogen-bond acceptors (Lipinski definition) is 6. The molecular weight excluding hydrogens is 212 g/mol. The van der Waals surface area contributed by atoms with E-state index in [4.69, 9.17) is 4.42 Å². The highest BCUT2D eigenvalue weighted by molar-refractivity contribution is 7.09. The molecule has 1 N–H and O–H groups in total. The molecule has 0 saturated heterocycles. The van der Waals surface area contributed by atoms with E-state index in [2.05, 4.69) is 15.3 Å². The highest BCUT2D eigenvalue weighted by atomic mass is 32.1. The van der Waals surface area contributed by atoms with Gasteiger partial charge in [0.05, 0.1) is 5.01 Å². The lowest BCUT2D eigenvalue weighted by Crippen LogP contribution is -2.10. The number of thiazole rings is 1. The zero-order valence-corrected chi connectivity index (χ0v) is 9.63. The fourth-order valence-corrected chi connectivity index (χ4v) is 1.77. The zero-order chi connectivity index (χ0) is 10.8. The lowest BCUT2D eigenvalue weighted by molar-refractivity contribution is 0.560. The van der Waals surface area contributed by atoms with Crippen molar-refractivity contribution in [1.82, 2.24) is 9.97 Å². The number of nitrogens with one attached hydrogen (secondary N) is 1. The minimum absolute atomic E-state index is 0.532. The molecule has 2 aromatic heterocycles. The number of oxazole rings is 1. The molecule has 0 bridgehead atoms. The molecule has 15 heavy (non-hydrogen) atoms. The van der Waals surface area contributed by atoms with Crippen molar-refractivity contribution >= 4 is 29.0 Å². The van der Waals surface area contributed by atoms with E-state index < -0.39 is 0 Å². The summed E-state index contributed by atoms with van der Waals surface area (Å²) in [6.45, 7) is 1.97. The average Bonchev–Trinajstić information content (AvgIpc) is 2.84. The highest BCUT2D eigenvalue weighted by Gasteiger charge is 2.12. The number of rotatable bonds is 3. The third-order valence-electron chi connectivity index (χ3n) is 1.99. The van der Waals surface area contributed by atoms with Crippen molar-refractivity contribution in [2.24, 2.45) is 0 Å². The molecule has 80 valence electrons. The molecule has 0 aliphatic heterocycles. The van der Waals surface area contributed by atoms with Gasteiger partial charge in [-0.05, 0) is 6.92 Å². The molecule has 0 aromatic carbocycles. The molecule has 2 heterocycles. The molecule has 0 atom stereocenters. The average molecular weight is 224 g/mol. The van der Waals surface area contributed by atoms with Crippen LogP contribution in [-0.2, 0) is 0 Å². The van der Waals surface area contributed by atoms with Crippen LogP contribution in [0.25, 0.3) is 0 Å². The molecule has 0 saturated carbocycles. The molecule has 0 spiro atoms. The van der Waals surface area contributed by atoms with E-state index >= 15 is 0 Å². The molecular formula is C9H12N4OS. The van der Waals surface area contributed by atoms with Crippen LogP contribution < -0.4 is 10.2 Å². The van der Waals surface area contributed by atoms with Crippen LogP contribution in [0.15, 0.2) is 16.1 Å². The van der Waals surface area contributed by atoms with Crippen LogP contribution in [-0.4, -0.2) is 24.1 Å². The van der Waals surface area contributed by atoms with E-state index in [1.165, 1.54) is 0 Å². The standard InChI is InChI=1S/C9H12N4OS/c1-6-11-8(5-15-6)13(3)9-12-7(10-2)4-14-9/h4-5,10H,1-3H3. The normalized spacial score (nSPS) is 10.3. The number of aromatic nitrogens is 2. The SMILES string of the molecule is CNc1coc(N(C)c2csc(C)n2)n1. The van der Waals surface area contributed by atoms with E-state index in [0.29, 0.717) is 11.8 Å². The number of anilines is 3. The van der Waals surface area contributed by atoms with Crippen molar-refractivity contribution in [2.45, 2.75) is 6.92 Å². The first-order chi connectivity index (χ1) is 7.20. The van der Waals surface area contributed by atoms with E-state index in [0.717, 1.165) is 10.8 Å². The molecule has 0 fully saturated rings. The Morgan fingerprint density at radius 3 is 2.80 bits per heavy atom. The fourth-order valence-electron chi connectivity index (χ4n) is 1.14. The van der Waals surface area contributed by atoms with Crippen molar-refractivity contribution < 1.29 is 4.42 Å². The Labute approximate surface area is 91.8 Å². The van der Waals surface area contributed by atoms with Gasteiger partial charge >= 0.3 is 6.01 Å². The molecule has 0 aliphatic carbocycles. The maximum absolute atomic E-state index is 5.30. The van der Waals surface area contributed by atoms with Crippen molar-refractivity contribution in [2.75, 3.05) is 24.3 Å². The summed E-state index contributed by atoms with van der Waals surface area (Å²) in [7, 11) is 3.67. The Bertz CT molecular complexity index is 450. The van der Waals surface area contributed by atoms with Gasteiger partial charge in [0.1, 0.15) is 12.1 Å². The maximum Gasteiger partial charge on any atom is 0.304 e. The molecule has 6 heteroatoms. The molecule has 0 amide bonds. The van der Waals surface area contributed by atoms with Gasteiger partial charge in [-0.25, -0.2) is 4.98 Å². The molecule has 5 nitrogen and oxygen atoms in total. The van der Waals surface area contributed by atoms with Crippen molar-refractivity contribution in [1.29, 1.82) is 0 Å². The van der Waals surface area contributed by atoms with Gasteiger partial charge in [-0.1, -0.05) is 0 Å². The monoisotopic (exact) mass is 224 g/mol. The zero-order valence-electron chi connectivity index (χ0n) is 8.81. The lowest BCUT2D eigenvalue weighted by Gasteiger charge is -2.09. The summed E-state index contributed by atoms with van der Waals surface area (Å²) in [6.07, 6.45) is 1.57. The molecule has 0 unspecified atom stereocenters. The number of hydrogen-bond donors (Lipinski definition) is 1. The van der Waals surface area contributed by atoms with Crippen molar-refractivity contribution in [3.05, 3.63) is 16.7 Å². The maximum atomic E-state index is 5.30. The third-order valence-corrected chi connectivity index (χ3v) is 2.75. The van der Waals surface area contributed by atoms with E-state index in [9.17, 15) is 0 Å². The van der Waals surface area contributed by atoms with Crippen LogP contribution in [0.3, 0.4) is 0 Å². The van der Waals surface area contributed by atoms with Crippen molar-refractivity contribution in [3.8, 4) is 0 Å². The molecule has 2 rings (SSSR count). The summed E-state index contributed by atoms with van der Waals surface area (Å²) in [5.41, 5.74) is 0. The summed E-state index contributed by atoms with van der Waals surface area (Å²) in [5, 5.41) is 5.91. The molecule has 0 radical (unpaired) electrons. The van der Waals surface area contributed by atoms with Gasteiger partial charge in [-0.3, -0.25) is 4.90 Å². The second-order valence-corrected chi connectivity index (χ2v) is 4.11. The molecule has 2 aromatic rings. The lowest BCUT2D eigenvalue weighted by atomic mass is 10.6. The predicted molar refractivity (Wildman–Crippen MR) is 61.0 cm³/mol. The number of aryl methyl sites for hydroxylation is 1. The summed E-state index contributed by atoms with van der Waals surface area (Å²) in [6, 6.07) is 0.532. The Hall–Kier alpha value is -1.56. The van der Waals surface area contributed by atoms with Gasteiger partial charge in [0.25, 0.3) is 0 Å². The van der Waals surface area contributed by atoms with Gasteiger partial charge in [0.15, 0.2) is 5.82 Å². The van der Waals surface area contributed by atoms with Crippen LogP contribution in [0.1, 0.15) is 5.01 Å². The fraction of sp³-hybridized carbons (Fsp3) is 0.333. The first kappa shape index (κ1) is 9.97. The number of nitrogens with zero attached hydrogens (tertiary/aromatic N) is 3.